The average molecular weight is 354 g/mol. The van der Waals surface area contributed by atoms with Crippen molar-refractivity contribution in [1.82, 2.24) is 20.2 Å². The monoisotopic (exact) mass is 354 g/mol. The summed E-state index contributed by atoms with van der Waals surface area (Å²) >= 11 is 0. The Balaban J connectivity index is 1.37. The Kier molecular flexibility index (Phi) is 6.14. The quantitative estimate of drug-likeness (QED) is 0.890. The second kappa shape index (κ2) is 8.94. The van der Waals surface area contributed by atoms with Gasteiger partial charge in [0.1, 0.15) is 18.6 Å². The molecule has 0 spiro atoms. The van der Waals surface area contributed by atoms with E-state index in [4.69, 9.17) is 4.74 Å². The SMILES string of the molecule is O=C(NCC1CCN(C(=O)OCc2ccccc2)CC1)c1ccncn1. The van der Waals surface area contributed by atoms with E-state index in [0.29, 0.717) is 31.2 Å². The lowest BCUT2D eigenvalue weighted by atomic mass is 9.97. The van der Waals surface area contributed by atoms with Gasteiger partial charge in [-0.2, -0.15) is 0 Å². The first-order valence-corrected chi connectivity index (χ1v) is 8.72. The molecule has 0 radical (unpaired) electrons. The summed E-state index contributed by atoms with van der Waals surface area (Å²) in [4.78, 5) is 33.6. The molecule has 0 saturated carbocycles. The second-order valence-corrected chi connectivity index (χ2v) is 6.28. The normalized spacial score (nSPS) is 14.7. The van der Waals surface area contributed by atoms with Crippen LogP contribution >= 0.6 is 0 Å². The first kappa shape index (κ1) is 17.8. The van der Waals surface area contributed by atoms with E-state index < -0.39 is 0 Å². The number of rotatable bonds is 5. The van der Waals surface area contributed by atoms with E-state index in [2.05, 4.69) is 15.3 Å². The number of piperidine rings is 1. The molecule has 1 aromatic carbocycles. The van der Waals surface area contributed by atoms with Crippen molar-refractivity contribution in [2.45, 2.75) is 19.4 Å². The molecule has 136 valence electrons. The van der Waals surface area contributed by atoms with E-state index in [1.54, 1.807) is 17.2 Å². The second-order valence-electron chi connectivity index (χ2n) is 6.28. The summed E-state index contributed by atoms with van der Waals surface area (Å²) in [5.41, 5.74) is 1.34. The molecule has 3 rings (SSSR count). The van der Waals surface area contributed by atoms with E-state index in [-0.39, 0.29) is 18.6 Å². The van der Waals surface area contributed by atoms with Crippen molar-refractivity contribution in [2.75, 3.05) is 19.6 Å². The van der Waals surface area contributed by atoms with Gasteiger partial charge in [-0.05, 0) is 30.4 Å². The number of benzene rings is 1. The summed E-state index contributed by atoms with van der Waals surface area (Å²) in [5.74, 6) is 0.149. The van der Waals surface area contributed by atoms with Gasteiger partial charge in [0, 0.05) is 25.8 Å². The number of hydrogen-bond donors (Lipinski definition) is 1. The zero-order valence-electron chi connectivity index (χ0n) is 14.5. The van der Waals surface area contributed by atoms with E-state index in [1.165, 1.54) is 6.33 Å². The Morgan fingerprint density at radius 1 is 1.15 bits per heavy atom. The Morgan fingerprint density at radius 2 is 1.92 bits per heavy atom. The number of carbonyl (C=O) groups excluding carboxylic acids is 2. The zero-order valence-corrected chi connectivity index (χ0v) is 14.5. The Labute approximate surface area is 152 Å². The highest BCUT2D eigenvalue weighted by molar-refractivity contribution is 5.92. The van der Waals surface area contributed by atoms with E-state index in [9.17, 15) is 9.59 Å². The fourth-order valence-corrected chi connectivity index (χ4v) is 2.88. The van der Waals surface area contributed by atoms with Gasteiger partial charge in [0.15, 0.2) is 0 Å². The maximum Gasteiger partial charge on any atom is 0.410 e. The van der Waals surface area contributed by atoms with Crippen LogP contribution in [0, 0.1) is 5.92 Å². The highest BCUT2D eigenvalue weighted by Gasteiger charge is 2.24. The number of ether oxygens (including phenoxy) is 1. The Hall–Kier alpha value is -2.96. The summed E-state index contributed by atoms with van der Waals surface area (Å²) in [7, 11) is 0. The van der Waals surface area contributed by atoms with Crippen molar-refractivity contribution in [3.05, 3.63) is 60.2 Å². The van der Waals surface area contributed by atoms with E-state index in [1.807, 2.05) is 30.3 Å². The molecule has 2 amide bonds. The minimum absolute atomic E-state index is 0.197. The van der Waals surface area contributed by atoms with Gasteiger partial charge >= 0.3 is 6.09 Å². The van der Waals surface area contributed by atoms with Crippen molar-refractivity contribution >= 4 is 12.0 Å². The molecule has 0 aliphatic carbocycles. The van der Waals surface area contributed by atoms with Crippen LogP contribution < -0.4 is 5.32 Å². The van der Waals surface area contributed by atoms with Crippen LogP contribution in [0.5, 0.6) is 0 Å². The maximum absolute atomic E-state index is 12.1. The molecular formula is C19H22N4O3. The number of hydrogen-bond acceptors (Lipinski definition) is 5. The largest absolute Gasteiger partial charge is 0.445 e. The van der Waals surface area contributed by atoms with Crippen LogP contribution in [-0.4, -0.2) is 46.5 Å². The molecule has 7 heteroatoms. The molecule has 7 nitrogen and oxygen atoms in total. The number of likely N-dealkylation sites (tertiary alicyclic amines) is 1. The first-order valence-electron chi connectivity index (χ1n) is 8.72. The molecule has 2 aromatic rings. The molecule has 1 aromatic heterocycles. The third-order valence-electron chi connectivity index (χ3n) is 4.44. The molecular weight excluding hydrogens is 332 g/mol. The topological polar surface area (TPSA) is 84.4 Å². The van der Waals surface area contributed by atoms with Crippen LogP contribution in [0.4, 0.5) is 4.79 Å². The van der Waals surface area contributed by atoms with E-state index in [0.717, 1.165) is 18.4 Å². The predicted molar refractivity (Wildman–Crippen MR) is 95.3 cm³/mol. The van der Waals surface area contributed by atoms with Gasteiger partial charge in [-0.3, -0.25) is 4.79 Å². The highest BCUT2D eigenvalue weighted by Crippen LogP contribution is 2.17. The standard InChI is InChI=1S/C19H22N4O3/c24-18(17-6-9-20-14-22-17)21-12-15-7-10-23(11-8-15)19(25)26-13-16-4-2-1-3-5-16/h1-6,9,14-15H,7-8,10-13H2,(H,21,24). The van der Waals surface area contributed by atoms with Gasteiger partial charge in [-0.25, -0.2) is 14.8 Å². The molecule has 1 fully saturated rings. The van der Waals surface area contributed by atoms with E-state index >= 15 is 0 Å². The smallest absolute Gasteiger partial charge is 0.410 e. The van der Waals surface area contributed by atoms with Crippen LogP contribution in [0.2, 0.25) is 0 Å². The van der Waals surface area contributed by atoms with Gasteiger partial charge in [0.25, 0.3) is 5.91 Å². The summed E-state index contributed by atoms with van der Waals surface area (Å²) in [6, 6.07) is 11.2. The molecule has 1 aliphatic heterocycles. The third kappa shape index (κ3) is 5.02. The van der Waals surface area contributed by atoms with Crippen molar-refractivity contribution in [3.8, 4) is 0 Å². The Bertz CT molecular complexity index is 716. The van der Waals surface area contributed by atoms with Crippen molar-refractivity contribution in [1.29, 1.82) is 0 Å². The maximum atomic E-state index is 12.1. The number of amides is 2. The number of nitrogens with one attached hydrogen (secondary N) is 1. The fourth-order valence-electron chi connectivity index (χ4n) is 2.88. The molecule has 1 aliphatic rings. The zero-order chi connectivity index (χ0) is 18.2. The van der Waals surface area contributed by atoms with Crippen LogP contribution in [0.25, 0.3) is 0 Å². The molecule has 26 heavy (non-hydrogen) atoms. The first-order chi connectivity index (χ1) is 12.7. The van der Waals surface area contributed by atoms with Crippen LogP contribution in [-0.2, 0) is 11.3 Å². The van der Waals surface area contributed by atoms with Gasteiger partial charge in [-0.1, -0.05) is 30.3 Å². The third-order valence-corrected chi connectivity index (χ3v) is 4.44. The summed E-state index contributed by atoms with van der Waals surface area (Å²) in [6.07, 6.45) is 4.29. The van der Waals surface area contributed by atoms with Crippen LogP contribution in [0.1, 0.15) is 28.9 Å². The summed E-state index contributed by atoms with van der Waals surface area (Å²) < 4.78 is 5.36. The Morgan fingerprint density at radius 3 is 2.62 bits per heavy atom. The lowest BCUT2D eigenvalue weighted by molar-refractivity contribution is 0.0800. The van der Waals surface area contributed by atoms with Gasteiger partial charge < -0.3 is 15.0 Å². The predicted octanol–water partition coefficient (Wildman–Crippen LogP) is 2.26. The lowest BCUT2D eigenvalue weighted by Crippen LogP contribution is -2.41. The molecule has 0 atom stereocenters. The highest BCUT2D eigenvalue weighted by atomic mass is 16.6. The molecule has 2 heterocycles. The number of nitrogens with zero attached hydrogens (tertiary/aromatic N) is 3. The minimum atomic E-state index is -0.280. The summed E-state index contributed by atoms with van der Waals surface area (Å²) in [6.45, 7) is 2.15. The molecule has 0 bridgehead atoms. The number of aromatic nitrogens is 2. The van der Waals surface area contributed by atoms with Gasteiger partial charge in [0.05, 0.1) is 0 Å². The minimum Gasteiger partial charge on any atom is -0.445 e. The molecule has 1 saturated heterocycles. The fraction of sp³-hybridized carbons (Fsp3) is 0.368. The molecule has 0 unspecified atom stereocenters. The van der Waals surface area contributed by atoms with Crippen molar-refractivity contribution < 1.29 is 14.3 Å². The van der Waals surface area contributed by atoms with Gasteiger partial charge in [-0.15, -0.1) is 0 Å². The lowest BCUT2D eigenvalue weighted by Gasteiger charge is -2.31. The number of carbonyl (C=O) groups is 2. The summed E-state index contributed by atoms with van der Waals surface area (Å²) in [5, 5.41) is 2.90. The van der Waals surface area contributed by atoms with Gasteiger partial charge in [0.2, 0.25) is 0 Å². The van der Waals surface area contributed by atoms with Crippen LogP contribution in [0.15, 0.2) is 48.9 Å². The molecule has 1 N–H and O–H groups in total. The van der Waals surface area contributed by atoms with Crippen LogP contribution in [0.3, 0.4) is 0 Å². The van der Waals surface area contributed by atoms with Crippen molar-refractivity contribution in [3.63, 3.8) is 0 Å². The average Bonchev–Trinajstić information content (AvgIpc) is 2.72. The van der Waals surface area contributed by atoms with Crippen molar-refractivity contribution in [2.24, 2.45) is 5.92 Å².